The van der Waals surface area contributed by atoms with E-state index < -0.39 is 0 Å². The summed E-state index contributed by atoms with van der Waals surface area (Å²) in [5.74, 6) is 1.54. The SMILES string of the molecule is Cc1nc(COc2nc(C)n(-c3cccc(-c4nc(C(C)(C)C)ncc4C)c3)c(=O)c2Br)cs1. The van der Waals surface area contributed by atoms with E-state index in [-0.39, 0.29) is 27.9 Å². The smallest absolute Gasteiger partial charge is 0.276 e. The largest absolute Gasteiger partial charge is 0.470 e. The summed E-state index contributed by atoms with van der Waals surface area (Å²) >= 11 is 4.94. The first-order valence-electron chi connectivity index (χ1n) is 10.8. The van der Waals surface area contributed by atoms with Gasteiger partial charge in [-0.25, -0.2) is 15.0 Å². The number of ether oxygens (including phenoxy) is 1. The molecule has 9 heteroatoms. The second kappa shape index (κ2) is 9.38. The molecule has 176 valence electrons. The number of rotatable bonds is 5. The summed E-state index contributed by atoms with van der Waals surface area (Å²) < 4.78 is 7.63. The van der Waals surface area contributed by atoms with E-state index in [9.17, 15) is 4.79 Å². The first-order valence-corrected chi connectivity index (χ1v) is 12.5. The number of hydrogen-bond donors (Lipinski definition) is 0. The van der Waals surface area contributed by atoms with Crippen molar-refractivity contribution in [2.45, 2.75) is 53.6 Å². The molecule has 0 bridgehead atoms. The van der Waals surface area contributed by atoms with Crippen LogP contribution in [0.1, 0.15) is 48.7 Å². The molecule has 7 nitrogen and oxygen atoms in total. The second-order valence-corrected chi connectivity index (χ2v) is 10.9. The quantitative estimate of drug-likeness (QED) is 0.323. The maximum atomic E-state index is 13.3. The number of aromatic nitrogens is 5. The first-order chi connectivity index (χ1) is 16.0. The van der Waals surface area contributed by atoms with Crippen molar-refractivity contribution in [3.8, 4) is 22.8 Å². The summed E-state index contributed by atoms with van der Waals surface area (Å²) in [4.78, 5) is 31.6. The van der Waals surface area contributed by atoms with E-state index in [1.807, 2.05) is 49.7 Å². The van der Waals surface area contributed by atoms with Crippen LogP contribution in [0.3, 0.4) is 0 Å². The highest BCUT2D eigenvalue weighted by atomic mass is 79.9. The number of benzene rings is 1. The van der Waals surface area contributed by atoms with Crippen LogP contribution in [0.5, 0.6) is 5.88 Å². The standard InChI is InChI=1S/C25H26BrN5O2S/c1-14-11-27-24(25(4,5)6)30-21(14)17-8-7-9-19(10-17)31-15(2)28-22(20(26)23(31)32)33-12-18-13-34-16(3)29-18/h7-11,13H,12H2,1-6H3. The Labute approximate surface area is 211 Å². The first kappa shape index (κ1) is 24.2. The van der Waals surface area contributed by atoms with E-state index in [0.29, 0.717) is 11.5 Å². The third-order valence-corrected chi connectivity index (χ3v) is 6.71. The van der Waals surface area contributed by atoms with Crippen LogP contribution in [-0.4, -0.2) is 24.5 Å². The van der Waals surface area contributed by atoms with Gasteiger partial charge in [0, 0.05) is 22.6 Å². The normalized spacial score (nSPS) is 11.6. The summed E-state index contributed by atoms with van der Waals surface area (Å²) in [6.07, 6.45) is 1.85. The minimum Gasteiger partial charge on any atom is -0.470 e. The van der Waals surface area contributed by atoms with Gasteiger partial charge in [-0.05, 0) is 54.4 Å². The van der Waals surface area contributed by atoms with Crippen molar-refractivity contribution in [1.82, 2.24) is 24.5 Å². The number of thiazole rings is 1. The topological polar surface area (TPSA) is 82.8 Å². The Morgan fingerprint density at radius 2 is 1.88 bits per heavy atom. The van der Waals surface area contributed by atoms with Crippen molar-refractivity contribution in [2.24, 2.45) is 0 Å². The van der Waals surface area contributed by atoms with Crippen LogP contribution >= 0.6 is 27.3 Å². The van der Waals surface area contributed by atoms with E-state index in [0.717, 1.165) is 33.3 Å². The van der Waals surface area contributed by atoms with Gasteiger partial charge in [0.1, 0.15) is 22.7 Å². The predicted octanol–water partition coefficient (Wildman–Crippen LogP) is 5.71. The van der Waals surface area contributed by atoms with E-state index in [2.05, 4.69) is 51.7 Å². The maximum absolute atomic E-state index is 13.3. The molecular weight excluding hydrogens is 514 g/mol. The van der Waals surface area contributed by atoms with Gasteiger partial charge in [-0.2, -0.15) is 4.98 Å². The summed E-state index contributed by atoms with van der Waals surface area (Å²) in [5, 5.41) is 2.90. The van der Waals surface area contributed by atoms with Crippen LogP contribution in [0.25, 0.3) is 16.9 Å². The molecule has 0 aliphatic heterocycles. The Balaban J connectivity index is 1.72. The molecular formula is C25H26BrN5O2S. The molecule has 0 radical (unpaired) electrons. The van der Waals surface area contributed by atoms with Crippen molar-refractivity contribution < 1.29 is 4.74 Å². The average molecular weight is 540 g/mol. The molecule has 0 saturated heterocycles. The Bertz CT molecular complexity index is 1420. The lowest BCUT2D eigenvalue weighted by Crippen LogP contribution is -2.24. The summed E-state index contributed by atoms with van der Waals surface area (Å²) in [6.45, 7) is 12.2. The van der Waals surface area contributed by atoms with Gasteiger partial charge in [0.05, 0.1) is 22.1 Å². The molecule has 0 atom stereocenters. The van der Waals surface area contributed by atoms with E-state index >= 15 is 0 Å². The zero-order valence-electron chi connectivity index (χ0n) is 20.0. The number of aryl methyl sites for hydroxylation is 3. The van der Waals surface area contributed by atoms with Gasteiger partial charge in [0.15, 0.2) is 0 Å². The van der Waals surface area contributed by atoms with Crippen molar-refractivity contribution in [2.75, 3.05) is 0 Å². The van der Waals surface area contributed by atoms with Crippen molar-refractivity contribution >= 4 is 27.3 Å². The molecule has 0 amide bonds. The minimum absolute atomic E-state index is 0.171. The van der Waals surface area contributed by atoms with Crippen LogP contribution in [0.15, 0.2) is 45.1 Å². The van der Waals surface area contributed by atoms with E-state index in [4.69, 9.17) is 9.72 Å². The lowest BCUT2D eigenvalue weighted by molar-refractivity contribution is 0.285. The van der Waals surface area contributed by atoms with Gasteiger partial charge >= 0.3 is 0 Å². The van der Waals surface area contributed by atoms with E-state index in [1.54, 1.807) is 22.8 Å². The van der Waals surface area contributed by atoms with E-state index in [1.165, 1.54) is 0 Å². The molecule has 0 unspecified atom stereocenters. The Kier molecular flexibility index (Phi) is 6.69. The molecule has 0 aliphatic rings. The lowest BCUT2D eigenvalue weighted by Gasteiger charge is -2.18. The minimum atomic E-state index is -0.246. The van der Waals surface area contributed by atoms with Gasteiger partial charge in [0.25, 0.3) is 5.56 Å². The van der Waals surface area contributed by atoms with Crippen molar-refractivity contribution in [3.63, 3.8) is 0 Å². The fraction of sp³-hybridized carbons (Fsp3) is 0.320. The van der Waals surface area contributed by atoms with Gasteiger partial charge in [-0.1, -0.05) is 32.9 Å². The molecule has 4 rings (SSSR count). The van der Waals surface area contributed by atoms with Crippen LogP contribution < -0.4 is 10.3 Å². The van der Waals surface area contributed by atoms with Gasteiger partial charge in [-0.3, -0.25) is 9.36 Å². The summed E-state index contributed by atoms with van der Waals surface area (Å²) in [5.41, 5.74) is 3.81. The average Bonchev–Trinajstić information content (AvgIpc) is 3.20. The van der Waals surface area contributed by atoms with Crippen molar-refractivity contribution in [3.05, 3.63) is 78.6 Å². The highest BCUT2D eigenvalue weighted by Gasteiger charge is 2.20. The molecule has 3 aromatic heterocycles. The van der Waals surface area contributed by atoms with Gasteiger partial charge in [0.2, 0.25) is 5.88 Å². The number of nitrogens with zero attached hydrogens (tertiary/aromatic N) is 5. The second-order valence-electron chi connectivity index (χ2n) is 9.09. The summed E-state index contributed by atoms with van der Waals surface area (Å²) in [6, 6.07) is 7.73. The lowest BCUT2D eigenvalue weighted by atomic mass is 9.95. The third kappa shape index (κ3) is 4.95. The molecule has 3 heterocycles. The highest BCUT2D eigenvalue weighted by molar-refractivity contribution is 9.10. The summed E-state index contributed by atoms with van der Waals surface area (Å²) in [7, 11) is 0. The predicted molar refractivity (Wildman–Crippen MR) is 138 cm³/mol. The zero-order valence-corrected chi connectivity index (χ0v) is 22.4. The van der Waals surface area contributed by atoms with Crippen LogP contribution in [-0.2, 0) is 12.0 Å². The number of halogens is 1. The van der Waals surface area contributed by atoms with Gasteiger partial charge < -0.3 is 4.74 Å². The van der Waals surface area contributed by atoms with Crippen LogP contribution in [0.4, 0.5) is 0 Å². The highest BCUT2D eigenvalue weighted by Crippen LogP contribution is 2.27. The fourth-order valence-electron chi connectivity index (χ4n) is 3.49. The molecule has 0 spiro atoms. The van der Waals surface area contributed by atoms with Crippen LogP contribution in [0, 0.1) is 20.8 Å². The monoisotopic (exact) mass is 539 g/mol. The maximum Gasteiger partial charge on any atom is 0.276 e. The number of hydrogen-bond acceptors (Lipinski definition) is 7. The third-order valence-electron chi connectivity index (χ3n) is 5.21. The molecule has 1 aromatic carbocycles. The van der Waals surface area contributed by atoms with Gasteiger partial charge in [-0.15, -0.1) is 11.3 Å². The molecule has 0 saturated carbocycles. The Morgan fingerprint density at radius 3 is 2.56 bits per heavy atom. The Hall–Kier alpha value is -2.91. The molecule has 0 aliphatic carbocycles. The molecule has 0 N–H and O–H groups in total. The molecule has 4 aromatic rings. The molecule has 0 fully saturated rings. The Morgan fingerprint density at radius 1 is 1.12 bits per heavy atom. The molecule has 34 heavy (non-hydrogen) atoms. The zero-order chi connectivity index (χ0) is 24.6. The van der Waals surface area contributed by atoms with Crippen molar-refractivity contribution in [1.29, 1.82) is 0 Å². The van der Waals surface area contributed by atoms with Crippen LogP contribution in [0.2, 0.25) is 0 Å². The fourth-order valence-corrected chi connectivity index (χ4v) is 4.46.